The largest absolute Gasteiger partial charge is 0.409 e. The Labute approximate surface area is 87.6 Å². The maximum Gasteiger partial charge on any atom is 0.170 e. The summed E-state index contributed by atoms with van der Waals surface area (Å²) in [5.74, 6) is 0.698. The number of nitrogens with zero attached hydrogens (tertiary/aromatic N) is 3. The number of hydrogen-bond donors (Lipinski definition) is 3. The molecule has 0 atom stereocenters. The van der Waals surface area contributed by atoms with Gasteiger partial charge in [0.25, 0.3) is 0 Å². The van der Waals surface area contributed by atoms with Crippen molar-refractivity contribution in [1.82, 2.24) is 4.98 Å². The zero-order chi connectivity index (χ0) is 11.3. The van der Waals surface area contributed by atoms with Gasteiger partial charge in [-0.3, -0.25) is 0 Å². The standard InChI is InChI=1S/C9H14N4O2/c1-13(4-5-14)8-6-7(2-3-11-8)9(10)12-15/h2-3,6,14-15H,4-5H2,1H3,(H2,10,12). The van der Waals surface area contributed by atoms with Gasteiger partial charge < -0.3 is 20.9 Å². The van der Waals surface area contributed by atoms with Crippen molar-refractivity contribution in [2.45, 2.75) is 0 Å². The highest BCUT2D eigenvalue weighted by molar-refractivity contribution is 5.97. The summed E-state index contributed by atoms with van der Waals surface area (Å²) < 4.78 is 0. The average molecular weight is 210 g/mol. The van der Waals surface area contributed by atoms with Crippen LogP contribution in [0.1, 0.15) is 5.56 Å². The minimum absolute atomic E-state index is 0.0380. The number of nitrogens with two attached hydrogens (primary N) is 1. The first-order valence-corrected chi connectivity index (χ1v) is 4.45. The minimum atomic E-state index is 0.0380. The van der Waals surface area contributed by atoms with E-state index >= 15 is 0 Å². The number of amidine groups is 1. The molecule has 1 aromatic rings. The zero-order valence-electron chi connectivity index (χ0n) is 8.46. The number of hydrogen-bond acceptors (Lipinski definition) is 5. The fourth-order valence-corrected chi connectivity index (χ4v) is 1.11. The summed E-state index contributed by atoms with van der Waals surface area (Å²) in [7, 11) is 1.80. The van der Waals surface area contributed by atoms with Crippen molar-refractivity contribution < 1.29 is 10.3 Å². The fourth-order valence-electron chi connectivity index (χ4n) is 1.11. The van der Waals surface area contributed by atoms with Crippen LogP contribution in [0.2, 0.25) is 0 Å². The van der Waals surface area contributed by atoms with Gasteiger partial charge in [0.2, 0.25) is 0 Å². The van der Waals surface area contributed by atoms with Crippen molar-refractivity contribution in [2.75, 3.05) is 25.1 Å². The van der Waals surface area contributed by atoms with Crippen LogP contribution in [-0.4, -0.2) is 41.3 Å². The Morgan fingerprint density at radius 3 is 3.00 bits per heavy atom. The summed E-state index contributed by atoms with van der Waals surface area (Å²) in [6.07, 6.45) is 1.57. The number of rotatable bonds is 4. The Kier molecular flexibility index (Phi) is 3.87. The molecule has 0 aliphatic rings. The van der Waals surface area contributed by atoms with Gasteiger partial charge in [-0.15, -0.1) is 0 Å². The van der Waals surface area contributed by atoms with E-state index in [0.29, 0.717) is 17.9 Å². The van der Waals surface area contributed by atoms with E-state index in [1.807, 2.05) is 0 Å². The molecule has 4 N–H and O–H groups in total. The van der Waals surface area contributed by atoms with E-state index in [1.54, 1.807) is 30.3 Å². The van der Waals surface area contributed by atoms with Crippen LogP contribution in [0.4, 0.5) is 5.82 Å². The topological polar surface area (TPSA) is 95.0 Å². The van der Waals surface area contributed by atoms with Crippen molar-refractivity contribution in [3.8, 4) is 0 Å². The van der Waals surface area contributed by atoms with Gasteiger partial charge >= 0.3 is 0 Å². The number of aliphatic hydroxyl groups excluding tert-OH is 1. The average Bonchev–Trinajstić information content (AvgIpc) is 2.28. The molecule has 0 bridgehead atoms. The SMILES string of the molecule is CN(CCO)c1cc(/C(N)=N/O)ccn1. The molecule has 0 fully saturated rings. The van der Waals surface area contributed by atoms with Gasteiger partial charge in [-0.1, -0.05) is 5.16 Å². The molecule has 82 valence electrons. The second-order valence-corrected chi connectivity index (χ2v) is 3.03. The van der Waals surface area contributed by atoms with Crippen molar-refractivity contribution in [1.29, 1.82) is 0 Å². The molecule has 6 heteroatoms. The number of likely N-dealkylation sites (N-methyl/N-ethyl adjacent to an activating group) is 1. The maximum atomic E-state index is 8.76. The van der Waals surface area contributed by atoms with E-state index < -0.39 is 0 Å². The van der Waals surface area contributed by atoms with E-state index in [1.165, 1.54) is 0 Å². The number of oxime groups is 1. The lowest BCUT2D eigenvalue weighted by Gasteiger charge is -2.16. The highest BCUT2D eigenvalue weighted by atomic mass is 16.4. The molecular weight excluding hydrogens is 196 g/mol. The molecule has 0 saturated carbocycles. The lowest BCUT2D eigenvalue weighted by atomic mass is 10.2. The van der Waals surface area contributed by atoms with Crippen molar-refractivity contribution in [2.24, 2.45) is 10.9 Å². The third-order valence-electron chi connectivity index (χ3n) is 1.98. The summed E-state index contributed by atoms with van der Waals surface area (Å²) in [5, 5.41) is 20.2. The summed E-state index contributed by atoms with van der Waals surface area (Å²) in [4.78, 5) is 5.87. The summed E-state index contributed by atoms with van der Waals surface area (Å²) in [5.41, 5.74) is 6.03. The van der Waals surface area contributed by atoms with Gasteiger partial charge in [-0.25, -0.2) is 4.98 Å². The van der Waals surface area contributed by atoms with Gasteiger partial charge in [-0.05, 0) is 12.1 Å². The first-order valence-electron chi connectivity index (χ1n) is 4.45. The summed E-state index contributed by atoms with van der Waals surface area (Å²) in [6.45, 7) is 0.526. The van der Waals surface area contributed by atoms with Crippen molar-refractivity contribution in [3.63, 3.8) is 0 Å². The molecular formula is C9H14N4O2. The van der Waals surface area contributed by atoms with Gasteiger partial charge in [0, 0.05) is 25.4 Å². The maximum absolute atomic E-state index is 8.76. The van der Waals surface area contributed by atoms with E-state index in [4.69, 9.17) is 16.0 Å². The Morgan fingerprint density at radius 1 is 1.67 bits per heavy atom. The minimum Gasteiger partial charge on any atom is -0.409 e. The van der Waals surface area contributed by atoms with Gasteiger partial charge in [0.15, 0.2) is 5.84 Å². The molecule has 0 unspecified atom stereocenters. The predicted molar refractivity (Wildman–Crippen MR) is 57.1 cm³/mol. The normalized spacial score (nSPS) is 11.5. The molecule has 6 nitrogen and oxygen atoms in total. The molecule has 1 rings (SSSR count). The number of anilines is 1. The summed E-state index contributed by atoms with van der Waals surface area (Å²) >= 11 is 0. The quantitative estimate of drug-likeness (QED) is 0.272. The fraction of sp³-hybridized carbons (Fsp3) is 0.333. The predicted octanol–water partition coefficient (Wildman–Crippen LogP) is -0.395. The molecule has 0 spiro atoms. The van der Waals surface area contributed by atoms with Crippen LogP contribution >= 0.6 is 0 Å². The van der Waals surface area contributed by atoms with Crippen molar-refractivity contribution in [3.05, 3.63) is 23.9 Å². The first kappa shape index (κ1) is 11.3. The summed E-state index contributed by atoms with van der Waals surface area (Å²) in [6, 6.07) is 3.33. The molecule has 15 heavy (non-hydrogen) atoms. The van der Waals surface area contributed by atoms with Gasteiger partial charge in [-0.2, -0.15) is 0 Å². The molecule has 0 aliphatic carbocycles. The third kappa shape index (κ3) is 2.81. The molecule has 1 heterocycles. The lowest BCUT2D eigenvalue weighted by molar-refractivity contribution is 0.304. The second-order valence-electron chi connectivity index (χ2n) is 3.03. The Bertz CT molecular complexity index is 354. The number of aliphatic hydroxyl groups is 1. The monoisotopic (exact) mass is 210 g/mol. The second kappa shape index (κ2) is 5.16. The lowest BCUT2D eigenvalue weighted by Crippen LogP contribution is -2.23. The van der Waals surface area contributed by atoms with Gasteiger partial charge in [0.05, 0.1) is 6.61 Å². The van der Waals surface area contributed by atoms with E-state index in [0.717, 1.165) is 0 Å². The highest BCUT2D eigenvalue weighted by Crippen LogP contribution is 2.10. The Morgan fingerprint density at radius 2 is 2.40 bits per heavy atom. The van der Waals surface area contributed by atoms with E-state index in [-0.39, 0.29) is 12.4 Å². The van der Waals surface area contributed by atoms with E-state index in [9.17, 15) is 0 Å². The molecule has 0 aliphatic heterocycles. The van der Waals surface area contributed by atoms with Crippen LogP contribution in [0.3, 0.4) is 0 Å². The molecule has 0 aromatic carbocycles. The van der Waals surface area contributed by atoms with Crippen LogP contribution in [0.15, 0.2) is 23.5 Å². The number of aromatic nitrogens is 1. The third-order valence-corrected chi connectivity index (χ3v) is 1.98. The van der Waals surface area contributed by atoms with Crippen LogP contribution in [0.5, 0.6) is 0 Å². The van der Waals surface area contributed by atoms with Crippen LogP contribution in [0.25, 0.3) is 0 Å². The molecule has 0 amide bonds. The Hall–Kier alpha value is -1.82. The van der Waals surface area contributed by atoms with Gasteiger partial charge in [0.1, 0.15) is 5.82 Å². The first-order chi connectivity index (χ1) is 7.19. The van der Waals surface area contributed by atoms with Crippen LogP contribution < -0.4 is 10.6 Å². The smallest absolute Gasteiger partial charge is 0.170 e. The van der Waals surface area contributed by atoms with Crippen molar-refractivity contribution >= 4 is 11.7 Å². The molecule has 1 aromatic heterocycles. The highest BCUT2D eigenvalue weighted by Gasteiger charge is 2.04. The zero-order valence-corrected chi connectivity index (χ0v) is 8.46. The number of pyridine rings is 1. The van der Waals surface area contributed by atoms with E-state index in [2.05, 4.69) is 10.1 Å². The van der Waals surface area contributed by atoms with Crippen LogP contribution in [-0.2, 0) is 0 Å². The Balaban J connectivity index is 2.92. The molecule has 0 radical (unpaired) electrons. The van der Waals surface area contributed by atoms with Crippen LogP contribution in [0, 0.1) is 0 Å². The molecule has 0 saturated heterocycles.